The first kappa shape index (κ1) is 11.2. The topological polar surface area (TPSA) is 46.2 Å². The second-order valence-corrected chi connectivity index (χ2v) is 5.18. The molecule has 1 atom stereocenters. The lowest BCUT2D eigenvalue weighted by Gasteiger charge is -2.12. The maximum absolute atomic E-state index is 11.6. The van der Waals surface area contributed by atoms with Crippen molar-refractivity contribution in [1.82, 2.24) is 4.72 Å². The van der Waals surface area contributed by atoms with Gasteiger partial charge in [0, 0.05) is 6.54 Å². The Morgan fingerprint density at radius 2 is 1.86 bits per heavy atom. The van der Waals surface area contributed by atoms with Gasteiger partial charge in [-0.2, -0.15) is 0 Å². The normalized spacial score (nSPS) is 13.9. The molecule has 4 heteroatoms. The molecule has 0 aliphatic rings. The molecule has 3 nitrogen and oxygen atoms in total. The lowest BCUT2D eigenvalue weighted by molar-refractivity contribution is 0.573. The van der Waals surface area contributed by atoms with Gasteiger partial charge in [0.25, 0.3) is 0 Å². The summed E-state index contributed by atoms with van der Waals surface area (Å²) in [5.41, 5.74) is 0.813. The number of rotatable bonds is 4. The number of benzene rings is 1. The zero-order valence-corrected chi connectivity index (χ0v) is 9.21. The average Bonchev–Trinajstić information content (AvgIpc) is 2.18. The number of hydrogen-bond donors (Lipinski definition) is 1. The van der Waals surface area contributed by atoms with E-state index in [2.05, 4.69) is 4.72 Å². The van der Waals surface area contributed by atoms with Crippen molar-refractivity contribution in [3.8, 4) is 0 Å². The summed E-state index contributed by atoms with van der Waals surface area (Å²) in [4.78, 5) is 0. The Morgan fingerprint density at radius 1 is 1.29 bits per heavy atom. The zero-order chi connectivity index (χ0) is 10.6. The fourth-order valence-corrected chi connectivity index (χ4v) is 2.40. The van der Waals surface area contributed by atoms with Crippen LogP contribution in [0.5, 0.6) is 0 Å². The molecule has 0 saturated heterocycles. The van der Waals surface area contributed by atoms with Gasteiger partial charge in [-0.25, -0.2) is 13.1 Å². The van der Waals surface area contributed by atoms with Crippen LogP contribution in [0.15, 0.2) is 30.3 Å². The monoisotopic (exact) mass is 213 g/mol. The smallest absolute Gasteiger partial charge is 0.215 e. The predicted molar refractivity (Wildman–Crippen MR) is 57.5 cm³/mol. The number of nitrogens with one attached hydrogen (secondary N) is 1. The van der Waals surface area contributed by atoms with E-state index in [0.717, 1.165) is 5.56 Å². The quantitative estimate of drug-likeness (QED) is 0.827. The van der Waals surface area contributed by atoms with E-state index in [1.807, 2.05) is 30.3 Å². The largest absolute Gasteiger partial charge is 0.218 e. The molecule has 0 aliphatic heterocycles. The molecule has 0 unspecified atom stereocenters. The van der Waals surface area contributed by atoms with Crippen LogP contribution in [0.1, 0.15) is 24.7 Å². The molecule has 0 bridgehead atoms. The standard InChI is InChI=1S/C10H15NO2S/c1-3-11-14(12,13)9(2)10-7-5-4-6-8-10/h4-9,11H,3H2,1-2H3/t9-/m1/s1. The minimum atomic E-state index is -3.21. The van der Waals surface area contributed by atoms with Crippen molar-refractivity contribution in [3.63, 3.8) is 0 Å². The molecule has 1 N–H and O–H groups in total. The van der Waals surface area contributed by atoms with Crippen LogP contribution in [0.3, 0.4) is 0 Å². The Bertz CT molecular complexity index is 372. The van der Waals surface area contributed by atoms with Crippen LogP contribution in [-0.2, 0) is 10.0 Å². The fraction of sp³-hybridized carbons (Fsp3) is 0.400. The van der Waals surface area contributed by atoms with E-state index in [1.54, 1.807) is 13.8 Å². The van der Waals surface area contributed by atoms with Crippen molar-refractivity contribution in [2.24, 2.45) is 0 Å². The third-order valence-electron chi connectivity index (χ3n) is 2.08. The first-order chi connectivity index (χ1) is 6.58. The Morgan fingerprint density at radius 3 is 2.36 bits per heavy atom. The Kier molecular flexibility index (Phi) is 3.66. The first-order valence-electron chi connectivity index (χ1n) is 4.61. The van der Waals surface area contributed by atoms with Gasteiger partial charge < -0.3 is 0 Å². The second-order valence-electron chi connectivity index (χ2n) is 3.10. The molecule has 78 valence electrons. The lowest BCUT2D eigenvalue weighted by atomic mass is 10.2. The lowest BCUT2D eigenvalue weighted by Crippen LogP contribution is -2.27. The van der Waals surface area contributed by atoms with E-state index in [9.17, 15) is 8.42 Å². The van der Waals surface area contributed by atoms with Gasteiger partial charge in [0.1, 0.15) is 0 Å². The van der Waals surface area contributed by atoms with E-state index in [-0.39, 0.29) is 0 Å². The van der Waals surface area contributed by atoms with Crippen molar-refractivity contribution in [1.29, 1.82) is 0 Å². The van der Waals surface area contributed by atoms with Gasteiger partial charge in [0.2, 0.25) is 10.0 Å². The molecule has 0 amide bonds. The number of hydrogen-bond acceptors (Lipinski definition) is 2. The molecular formula is C10H15NO2S. The molecule has 1 aromatic carbocycles. The van der Waals surface area contributed by atoms with Gasteiger partial charge >= 0.3 is 0 Å². The summed E-state index contributed by atoms with van der Waals surface area (Å²) < 4.78 is 25.7. The van der Waals surface area contributed by atoms with Gasteiger partial charge in [-0.1, -0.05) is 37.3 Å². The summed E-state index contributed by atoms with van der Waals surface area (Å²) >= 11 is 0. The highest BCUT2D eigenvalue weighted by Gasteiger charge is 2.20. The van der Waals surface area contributed by atoms with Crippen molar-refractivity contribution in [2.75, 3.05) is 6.54 Å². The van der Waals surface area contributed by atoms with E-state index < -0.39 is 15.3 Å². The van der Waals surface area contributed by atoms with E-state index in [0.29, 0.717) is 6.54 Å². The Labute approximate surface area is 85.2 Å². The minimum absolute atomic E-state index is 0.430. The summed E-state index contributed by atoms with van der Waals surface area (Å²) in [5.74, 6) is 0. The molecule has 1 rings (SSSR count). The molecule has 0 aromatic heterocycles. The van der Waals surface area contributed by atoms with Gasteiger partial charge in [-0.15, -0.1) is 0 Å². The summed E-state index contributed by atoms with van der Waals surface area (Å²) in [5, 5.41) is -0.497. The van der Waals surface area contributed by atoms with Crippen LogP contribution in [0.2, 0.25) is 0 Å². The molecule has 1 aromatic rings. The third kappa shape index (κ3) is 2.56. The molecule has 0 aliphatic carbocycles. The highest BCUT2D eigenvalue weighted by atomic mass is 32.2. The molecule has 0 saturated carbocycles. The SMILES string of the molecule is CCNS(=O)(=O)[C@H](C)c1ccccc1. The van der Waals surface area contributed by atoms with E-state index >= 15 is 0 Å². The van der Waals surface area contributed by atoms with E-state index in [1.165, 1.54) is 0 Å². The van der Waals surface area contributed by atoms with Gasteiger partial charge in [-0.05, 0) is 12.5 Å². The molecule has 0 fully saturated rings. The van der Waals surface area contributed by atoms with Crippen molar-refractivity contribution in [2.45, 2.75) is 19.1 Å². The van der Waals surface area contributed by atoms with Crippen LogP contribution < -0.4 is 4.72 Å². The Hall–Kier alpha value is -0.870. The highest BCUT2D eigenvalue weighted by molar-refractivity contribution is 7.89. The first-order valence-corrected chi connectivity index (χ1v) is 6.16. The fourth-order valence-electron chi connectivity index (χ4n) is 1.23. The zero-order valence-electron chi connectivity index (χ0n) is 8.40. The van der Waals surface area contributed by atoms with Crippen molar-refractivity contribution < 1.29 is 8.42 Å². The van der Waals surface area contributed by atoms with Gasteiger partial charge in [-0.3, -0.25) is 0 Å². The molecular weight excluding hydrogens is 198 g/mol. The molecule has 0 radical (unpaired) electrons. The highest BCUT2D eigenvalue weighted by Crippen LogP contribution is 2.19. The van der Waals surface area contributed by atoms with Crippen molar-refractivity contribution in [3.05, 3.63) is 35.9 Å². The number of sulfonamides is 1. The minimum Gasteiger partial charge on any atom is -0.215 e. The van der Waals surface area contributed by atoms with Crippen LogP contribution in [0.25, 0.3) is 0 Å². The summed E-state index contributed by atoms with van der Waals surface area (Å²) in [7, 11) is -3.21. The molecule has 0 spiro atoms. The van der Waals surface area contributed by atoms with Crippen molar-refractivity contribution >= 4 is 10.0 Å². The Balaban J connectivity index is 2.91. The van der Waals surface area contributed by atoms with Gasteiger partial charge in [0.05, 0.1) is 5.25 Å². The summed E-state index contributed by atoms with van der Waals surface area (Å²) in [6.45, 7) is 3.89. The molecule has 14 heavy (non-hydrogen) atoms. The molecule has 0 heterocycles. The summed E-state index contributed by atoms with van der Waals surface area (Å²) in [6.07, 6.45) is 0. The maximum Gasteiger partial charge on any atom is 0.218 e. The van der Waals surface area contributed by atoms with Crippen LogP contribution in [0, 0.1) is 0 Å². The van der Waals surface area contributed by atoms with Crippen LogP contribution >= 0.6 is 0 Å². The average molecular weight is 213 g/mol. The summed E-state index contributed by atoms with van der Waals surface area (Å²) in [6, 6.07) is 9.19. The second kappa shape index (κ2) is 4.57. The van der Waals surface area contributed by atoms with Gasteiger partial charge in [0.15, 0.2) is 0 Å². The van der Waals surface area contributed by atoms with E-state index in [4.69, 9.17) is 0 Å². The maximum atomic E-state index is 11.6. The predicted octanol–water partition coefficient (Wildman–Crippen LogP) is 1.69. The third-order valence-corrected chi connectivity index (χ3v) is 3.97. The van der Waals surface area contributed by atoms with Crippen LogP contribution in [-0.4, -0.2) is 15.0 Å². The van der Waals surface area contributed by atoms with Crippen LogP contribution in [0.4, 0.5) is 0 Å².